The maximum absolute atomic E-state index is 12.1. The standard InChI is InChI=1S/C15H27N5O/c1-10(2)13-12(16)14(19-18-13)15(21)17-6-9-20-7-4-11(3)5-8-20/h10-11H,4-9,16H2,1-3H3,(H,17,21)(H,18,19). The Bertz CT molecular complexity index is 474. The van der Waals surface area contributed by atoms with Crippen LogP contribution >= 0.6 is 0 Å². The fraction of sp³-hybridized carbons (Fsp3) is 0.733. The van der Waals surface area contributed by atoms with Gasteiger partial charge >= 0.3 is 0 Å². The van der Waals surface area contributed by atoms with Gasteiger partial charge in [0.05, 0.1) is 11.4 Å². The lowest BCUT2D eigenvalue weighted by Gasteiger charge is -2.30. The van der Waals surface area contributed by atoms with E-state index < -0.39 is 0 Å². The maximum Gasteiger partial charge on any atom is 0.273 e. The van der Waals surface area contributed by atoms with Gasteiger partial charge in [0.15, 0.2) is 5.69 Å². The van der Waals surface area contributed by atoms with E-state index in [0.717, 1.165) is 31.2 Å². The first-order valence-corrected chi connectivity index (χ1v) is 7.83. The van der Waals surface area contributed by atoms with E-state index in [0.29, 0.717) is 17.9 Å². The van der Waals surface area contributed by atoms with E-state index in [1.165, 1.54) is 12.8 Å². The summed E-state index contributed by atoms with van der Waals surface area (Å²) < 4.78 is 0. The average Bonchev–Trinajstić information content (AvgIpc) is 2.83. The summed E-state index contributed by atoms with van der Waals surface area (Å²) in [5, 5.41) is 9.80. The number of nitrogen functional groups attached to an aromatic ring is 1. The number of likely N-dealkylation sites (tertiary alicyclic amines) is 1. The van der Waals surface area contributed by atoms with E-state index in [4.69, 9.17) is 5.73 Å². The zero-order valence-electron chi connectivity index (χ0n) is 13.3. The first-order chi connectivity index (χ1) is 9.99. The lowest BCUT2D eigenvalue weighted by atomic mass is 9.99. The fourth-order valence-electron chi connectivity index (χ4n) is 2.67. The zero-order valence-corrected chi connectivity index (χ0v) is 13.3. The van der Waals surface area contributed by atoms with Crippen molar-refractivity contribution in [1.82, 2.24) is 20.4 Å². The quantitative estimate of drug-likeness (QED) is 0.769. The molecule has 2 rings (SSSR count). The normalized spacial score (nSPS) is 17.3. The third-order valence-electron chi connectivity index (χ3n) is 4.22. The first kappa shape index (κ1) is 15.8. The Hall–Kier alpha value is -1.56. The maximum atomic E-state index is 12.1. The number of rotatable bonds is 5. The second kappa shape index (κ2) is 6.93. The monoisotopic (exact) mass is 293 g/mol. The smallest absolute Gasteiger partial charge is 0.273 e. The highest BCUT2D eigenvalue weighted by atomic mass is 16.1. The molecule has 0 radical (unpaired) electrons. The number of nitrogens with zero attached hydrogens (tertiary/aromatic N) is 2. The highest BCUT2D eigenvalue weighted by Gasteiger charge is 2.19. The van der Waals surface area contributed by atoms with Crippen LogP contribution in [0.5, 0.6) is 0 Å². The first-order valence-electron chi connectivity index (χ1n) is 7.83. The van der Waals surface area contributed by atoms with Gasteiger partial charge < -0.3 is 16.0 Å². The largest absolute Gasteiger partial charge is 0.395 e. The predicted molar refractivity (Wildman–Crippen MR) is 84.3 cm³/mol. The Labute approximate surface area is 126 Å². The molecule has 6 heteroatoms. The van der Waals surface area contributed by atoms with Crippen LogP contribution in [0.25, 0.3) is 0 Å². The summed E-state index contributed by atoms with van der Waals surface area (Å²) in [6.45, 7) is 10.1. The lowest BCUT2D eigenvalue weighted by Crippen LogP contribution is -2.39. The molecule has 1 aliphatic rings. The van der Waals surface area contributed by atoms with Gasteiger partial charge in [-0.25, -0.2) is 0 Å². The Kier molecular flexibility index (Phi) is 5.22. The number of nitrogens with one attached hydrogen (secondary N) is 2. The number of H-pyrrole nitrogens is 1. The Morgan fingerprint density at radius 1 is 1.48 bits per heavy atom. The van der Waals surface area contributed by atoms with Crippen LogP contribution in [0.1, 0.15) is 55.7 Å². The molecule has 21 heavy (non-hydrogen) atoms. The van der Waals surface area contributed by atoms with Crippen molar-refractivity contribution in [1.29, 1.82) is 0 Å². The topological polar surface area (TPSA) is 87.0 Å². The van der Waals surface area contributed by atoms with Gasteiger partial charge in [-0.2, -0.15) is 5.10 Å². The highest BCUT2D eigenvalue weighted by Crippen LogP contribution is 2.21. The van der Waals surface area contributed by atoms with E-state index in [2.05, 4.69) is 27.3 Å². The summed E-state index contributed by atoms with van der Waals surface area (Å²) in [4.78, 5) is 14.5. The van der Waals surface area contributed by atoms with Gasteiger partial charge in [0.1, 0.15) is 0 Å². The van der Waals surface area contributed by atoms with Crippen LogP contribution in [-0.4, -0.2) is 47.2 Å². The van der Waals surface area contributed by atoms with Crippen molar-refractivity contribution in [3.8, 4) is 0 Å². The number of aromatic amines is 1. The number of carbonyl (C=O) groups excluding carboxylic acids is 1. The molecule has 0 atom stereocenters. The van der Waals surface area contributed by atoms with Gasteiger partial charge in [0.2, 0.25) is 0 Å². The minimum Gasteiger partial charge on any atom is -0.395 e. The van der Waals surface area contributed by atoms with Crippen LogP contribution in [0.3, 0.4) is 0 Å². The molecule has 0 saturated carbocycles. The molecule has 4 N–H and O–H groups in total. The Balaban J connectivity index is 1.79. The van der Waals surface area contributed by atoms with Crippen molar-refractivity contribution < 1.29 is 4.79 Å². The summed E-state index contributed by atoms with van der Waals surface area (Å²) in [6, 6.07) is 0. The van der Waals surface area contributed by atoms with Crippen LogP contribution < -0.4 is 11.1 Å². The van der Waals surface area contributed by atoms with Crippen LogP contribution in [0, 0.1) is 5.92 Å². The average molecular weight is 293 g/mol. The number of hydrogen-bond donors (Lipinski definition) is 3. The van der Waals surface area contributed by atoms with Crippen molar-refractivity contribution in [2.45, 2.75) is 39.5 Å². The molecule has 0 bridgehead atoms. The Morgan fingerprint density at radius 2 is 2.14 bits per heavy atom. The van der Waals surface area contributed by atoms with Gasteiger partial charge in [0.25, 0.3) is 5.91 Å². The molecule has 1 amide bonds. The van der Waals surface area contributed by atoms with E-state index in [1.54, 1.807) is 0 Å². The number of aromatic nitrogens is 2. The molecule has 118 valence electrons. The van der Waals surface area contributed by atoms with E-state index in [1.807, 2.05) is 13.8 Å². The third kappa shape index (κ3) is 3.97. The molecular weight excluding hydrogens is 266 g/mol. The van der Waals surface area contributed by atoms with Crippen LogP contribution in [0.4, 0.5) is 5.69 Å². The van der Waals surface area contributed by atoms with Gasteiger partial charge in [-0.15, -0.1) is 0 Å². The van der Waals surface area contributed by atoms with Crippen molar-refractivity contribution in [3.63, 3.8) is 0 Å². The highest BCUT2D eigenvalue weighted by molar-refractivity contribution is 5.97. The SMILES string of the molecule is CC1CCN(CCNC(=O)c2n[nH]c(C(C)C)c2N)CC1. The number of hydrogen-bond acceptors (Lipinski definition) is 4. The molecule has 1 saturated heterocycles. The molecule has 6 nitrogen and oxygen atoms in total. The second-order valence-electron chi connectivity index (χ2n) is 6.33. The van der Waals surface area contributed by atoms with Gasteiger partial charge in [-0.05, 0) is 37.8 Å². The van der Waals surface area contributed by atoms with E-state index in [9.17, 15) is 4.79 Å². The molecule has 1 fully saturated rings. The van der Waals surface area contributed by atoms with Crippen molar-refractivity contribution in [2.24, 2.45) is 5.92 Å². The van der Waals surface area contributed by atoms with Crippen LogP contribution in [-0.2, 0) is 0 Å². The zero-order chi connectivity index (χ0) is 15.4. The number of nitrogens with two attached hydrogens (primary N) is 1. The van der Waals surface area contributed by atoms with Gasteiger partial charge in [-0.3, -0.25) is 9.89 Å². The van der Waals surface area contributed by atoms with Crippen molar-refractivity contribution >= 4 is 11.6 Å². The van der Waals surface area contributed by atoms with Crippen LogP contribution in [0.2, 0.25) is 0 Å². The minimum atomic E-state index is -0.193. The molecule has 1 aromatic heterocycles. The summed E-state index contributed by atoms with van der Waals surface area (Å²) in [7, 11) is 0. The number of anilines is 1. The third-order valence-corrected chi connectivity index (χ3v) is 4.22. The lowest BCUT2D eigenvalue weighted by molar-refractivity contribution is 0.0940. The summed E-state index contributed by atoms with van der Waals surface area (Å²) in [5.74, 6) is 0.865. The number of amides is 1. The van der Waals surface area contributed by atoms with Crippen LogP contribution in [0.15, 0.2) is 0 Å². The van der Waals surface area contributed by atoms with Gasteiger partial charge in [-0.1, -0.05) is 20.8 Å². The summed E-state index contributed by atoms with van der Waals surface area (Å²) in [5.41, 5.74) is 7.57. The number of carbonyl (C=O) groups is 1. The molecule has 1 aromatic rings. The number of piperidine rings is 1. The minimum absolute atomic E-state index is 0.193. The molecule has 0 unspecified atom stereocenters. The van der Waals surface area contributed by atoms with Crippen molar-refractivity contribution in [2.75, 3.05) is 31.9 Å². The summed E-state index contributed by atoms with van der Waals surface area (Å²) in [6.07, 6.45) is 2.50. The fourth-order valence-corrected chi connectivity index (χ4v) is 2.67. The molecule has 0 spiro atoms. The summed E-state index contributed by atoms with van der Waals surface area (Å²) >= 11 is 0. The van der Waals surface area contributed by atoms with E-state index >= 15 is 0 Å². The van der Waals surface area contributed by atoms with Crippen molar-refractivity contribution in [3.05, 3.63) is 11.4 Å². The Morgan fingerprint density at radius 3 is 2.71 bits per heavy atom. The molecule has 1 aliphatic heterocycles. The molecule has 2 heterocycles. The molecule has 0 aromatic carbocycles. The molecular formula is C15H27N5O. The predicted octanol–water partition coefficient (Wildman–Crippen LogP) is 1.58. The second-order valence-corrected chi connectivity index (χ2v) is 6.33. The van der Waals surface area contributed by atoms with Gasteiger partial charge in [0, 0.05) is 13.1 Å². The van der Waals surface area contributed by atoms with E-state index in [-0.39, 0.29) is 11.8 Å². The molecule has 0 aliphatic carbocycles.